The van der Waals surface area contributed by atoms with E-state index in [1.807, 2.05) is 42.5 Å². The van der Waals surface area contributed by atoms with E-state index in [1.54, 1.807) is 0 Å². The molecule has 2 aromatic carbocycles. The number of hydrogen-bond acceptors (Lipinski definition) is 2. The van der Waals surface area contributed by atoms with Gasteiger partial charge in [-0.05, 0) is 42.3 Å². The van der Waals surface area contributed by atoms with Crippen molar-refractivity contribution in [2.75, 3.05) is 5.73 Å². The van der Waals surface area contributed by atoms with Crippen LogP contribution in [-0.4, -0.2) is 0 Å². The standard InChI is InChI=1S/C14H14ClNO/c1-2-10-9-11(7-8-12(10)15)17-14-6-4-3-5-13(14)16/h3-9H,2,16H2,1H3. The fraction of sp³-hybridized carbons (Fsp3) is 0.143. The van der Waals surface area contributed by atoms with Crippen LogP contribution in [0.5, 0.6) is 11.5 Å². The van der Waals surface area contributed by atoms with Gasteiger partial charge in [-0.1, -0.05) is 30.7 Å². The Morgan fingerprint density at radius 2 is 1.94 bits per heavy atom. The molecule has 0 spiro atoms. The second-order valence-corrected chi connectivity index (χ2v) is 4.15. The molecule has 0 aliphatic rings. The molecule has 2 rings (SSSR count). The predicted octanol–water partition coefficient (Wildman–Crippen LogP) is 4.28. The Morgan fingerprint density at radius 1 is 1.18 bits per heavy atom. The van der Waals surface area contributed by atoms with Gasteiger partial charge in [-0.2, -0.15) is 0 Å². The summed E-state index contributed by atoms with van der Waals surface area (Å²) >= 11 is 6.05. The first kappa shape index (κ1) is 11.8. The third-order valence-electron chi connectivity index (χ3n) is 2.54. The first-order valence-corrected chi connectivity index (χ1v) is 5.89. The van der Waals surface area contributed by atoms with Crippen LogP contribution >= 0.6 is 11.6 Å². The number of ether oxygens (including phenoxy) is 1. The Labute approximate surface area is 106 Å². The normalized spacial score (nSPS) is 10.2. The smallest absolute Gasteiger partial charge is 0.150 e. The molecule has 0 fully saturated rings. The highest BCUT2D eigenvalue weighted by atomic mass is 35.5. The van der Waals surface area contributed by atoms with Gasteiger partial charge in [0.1, 0.15) is 11.5 Å². The van der Waals surface area contributed by atoms with E-state index in [0.717, 1.165) is 22.8 Å². The van der Waals surface area contributed by atoms with Crippen molar-refractivity contribution in [3.63, 3.8) is 0 Å². The van der Waals surface area contributed by atoms with Gasteiger partial charge >= 0.3 is 0 Å². The number of nitrogen functional groups attached to an aromatic ring is 1. The van der Waals surface area contributed by atoms with Gasteiger partial charge in [-0.25, -0.2) is 0 Å². The Balaban J connectivity index is 2.28. The van der Waals surface area contributed by atoms with Crippen molar-refractivity contribution in [1.82, 2.24) is 0 Å². The van der Waals surface area contributed by atoms with E-state index in [2.05, 4.69) is 6.92 Å². The van der Waals surface area contributed by atoms with Crippen molar-refractivity contribution >= 4 is 17.3 Å². The fourth-order valence-electron chi connectivity index (χ4n) is 1.59. The van der Waals surface area contributed by atoms with E-state index < -0.39 is 0 Å². The van der Waals surface area contributed by atoms with Gasteiger partial charge in [0.25, 0.3) is 0 Å². The van der Waals surface area contributed by atoms with Crippen LogP contribution in [0.15, 0.2) is 42.5 Å². The zero-order chi connectivity index (χ0) is 12.3. The zero-order valence-electron chi connectivity index (χ0n) is 9.61. The molecule has 88 valence electrons. The molecular weight excluding hydrogens is 234 g/mol. The first-order valence-electron chi connectivity index (χ1n) is 5.51. The number of benzene rings is 2. The number of rotatable bonds is 3. The van der Waals surface area contributed by atoms with Crippen molar-refractivity contribution in [2.45, 2.75) is 13.3 Å². The first-order chi connectivity index (χ1) is 8.20. The van der Waals surface area contributed by atoms with Crippen LogP contribution in [0, 0.1) is 0 Å². The molecule has 2 nitrogen and oxygen atoms in total. The van der Waals surface area contributed by atoms with Gasteiger partial charge in [0.15, 0.2) is 0 Å². The van der Waals surface area contributed by atoms with E-state index >= 15 is 0 Å². The Bertz CT molecular complexity index is 525. The highest BCUT2D eigenvalue weighted by Gasteiger charge is 2.04. The number of aryl methyl sites for hydroxylation is 1. The van der Waals surface area contributed by atoms with Gasteiger partial charge in [0.2, 0.25) is 0 Å². The minimum atomic E-state index is 0.625. The molecule has 0 aliphatic heterocycles. The molecule has 0 saturated heterocycles. The summed E-state index contributed by atoms with van der Waals surface area (Å²) in [6.45, 7) is 2.06. The predicted molar refractivity (Wildman–Crippen MR) is 71.8 cm³/mol. The summed E-state index contributed by atoms with van der Waals surface area (Å²) in [7, 11) is 0. The monoisotopic (exact) mass is 247 g/mol. The molecule has 0 unspecified atom stereocenters. The molecule has 2 aromatic rings. The maximum Gasteiger partial charge on any atom is 0.150 e. The number of halogens is 1. The van der Waals surface area contributed by atoms with Crippen LogP contribution in [0.2, 0.25) is 5.02 Å². The van der Waals surface area contributed by atoms with Gasteiger partial charge in [0.05, 0.1) is 5.69 Å². The molecule has 0 atom stereocenters. The summed E-state index contributed by atoms with van der Waals surface area (Å²) in [5, 5.41) is 0.765. The molecule has 0 aromatic heterocycles. The summed E-state index contributed by atoms with van der Waals surface area (Å²) in [5.74, 6) is 1.42. The quantitative estimate of drug-likeness (QED) is 0.822. The molecule has 3 heteroatoms. The van der Waals surface area contributed by atoms with Crippen molar-refractivity contribution < 1.29 is 4.74 Å². The molecule has 0 saturated carbocycles. The van der Waals surface area contributed by atoms with Crippen LogP contribution in [0.4, 0.5) is 5.69 Å². The van der Waals surface area contributed by atoms with Gasteiger partial charge < -0.3 is 10.5 Å². The highest BCUT2D eigenvalue weighted by molar-refractivity contribution is 6.31. The minimum Gasteiger partial charge on any atom is -0.455 e. The number of anilines is 1. The molecule has 0 bridgehead atoms. The lowest BCUT2D eigenvalue weighted by Crippen LogP contribution is -1.92. The fourth-order valence-corrected chi connectivity index (χ4v) is 1.84. The van der Waals surface area contributed by atoms with Crippen molar-refractivity contribution in [1.29, 1.82) is 0 Å². The Kier molecular flexibility index (Phi) is 3.55. The lowest BCUT2D eigenvalue weighted by Gasteiger charge is -2.09. The molecule has 0 heterocycles. The topological polar surface area (TPSA) is 35.2 Å². The molecular formula is C14H14ClNO. The van der Waals surface area contributed by atoms with Gasteiger partial charge in [-0.15, -0.1) is 0 Å². The van der Waals surface area contributed by atoms with Crippen molar-refractivity contribution in [3.05, 3.63) is 53.1 Å². The summed E-state index contributed by atoms with van der Waals surface area (Å²) < 4.78 is 5.72. The minimum absolute atomic E-state index is 0.625. The van der Waals surface area contributed by atoms with Crippen LogP contribution in [0.3, 0.4) is 0 Å². The van der Waals surface area contributed by atoms with Gasteiger partial charge in [0, 0.05) is 5.02 Å². The van der Waals surface area contributed by atoms with Crippen LogP contribution in [0.1, 0.15) is 12.5 Å². The Morgan fingerprint density at radius 3 is 2.65 bits per heavy atom. The molecule has 17 heavy (non-hydrogen) atoms. The SMILES string of the molecule is CCc1cc(Oc2ccccc2N)ccc1Cl. The van der Waals surface area contributed by atoms with Crippen molar-refractivity contribution in [3.8, 4) is 11.5 Å². The van der Waals surface area contributed by atoms with Crippen LogP contribution < -0.4 is 10.5 Å². The molecule has 0 radical (unpaired) electrons. The zero-order valence-corrected chi connectivity index (χ0v) is 10.4. The Hall–Kier alpha value is -1.67. The maximum atomic E-state index is 6.05. The van der Waals surface area contributed by atoms with E-state index in [1.165, 1.54) is 0 Å². The highest BCUT2D eigenvalue weighted by Crippen LogP contribution is 2.29. The largest absolute Gasteiger partial charge is 0.455 e. The van der Waals surface area contributed by atoms with E-state index in [9.17, 15) is 0 Å². The summed E-state index contributed by atoms with van der Waals surface area (Å²) in [5.41, 5.74) is 7.51. The summed E-state index contributed by atoms with van der Waals surface area (Å²) in [6.07, 6.45) is 0.875. The third kappa shape index (κ3) is 2.71. The lowest BCUT2D eigenvalue weighted by atomic mass is 10.1. The summed E-state index contributed by atoms with van der Waals surface area (Å²) in [6, 6.07) is 13.0. The number of nitrogens with two attached hydrogens (primary N) is 1. The summed E-state index contributed by atoms with van der Waals surface area (Å²) in [4.78, 5) is 0. The average Bonchev–Trinajstić information content (AvgIpc) is 2.34. The van der Waals surface area contributed by atoms with Crippen molar-refractivity contribution in [2.24, 2.45) is 0 Å². The van der Waals surface area contributed by atoms with Crippen LogP contribution in [0.25, 0.3) is 0 Å². The molecule has 0 amide bonds. The van der Waals surface area contributed by atoms with E-state index in [-0.39, 0.29) is 0 Å². The second kappa shape index (κ2) is 5.11. The third-order valence-corrected chi connectivity index (χ3v) is 2.91. The number of para-hydroxylation sites is 2. The molecule has 2 N–H and O–H groups in total. The second-order valence-electron chi connectivity index (χ2n) is 3.75. The average molecular weight is 248 g/mol. The van der Waals surface area contributed by atoms with E-state index in [0.29, 0.717) is 11.4 Å². The van der Waals surface area contributed by atoms with Gasteiger partial charge in [-0.3, -0.25) is 0 Å². The molecule has 0 aliphatic carbocycles. The van der Waals surface area contributed by atoms with Crippen LogP contribution in [-0.2, 0) is 6.42 Å². The lowest BCUT2D eigenvalue weighted by molar-refractivity contribution is 0.484. The number of hydrogen-bond donors (Lipinski definition) is 1. The maximum absolute atomic E-state index is 6.05. The van der Waals surface area contributed by atoms with E-state index in [4.69, 9.17) is 22.1 Å².